The summed E-state index contributed by atoms with van der Waals surface area (Å²) in [6.07, 6.45) is 4.12. The van der Waals surface area contributed by atoms with Crippen LogP contribution in [0.15, 0.2) is 24.3 Å². The standard InChI is InChI=1S/C14H20ClNO/c1-10(11-5-4-6-12(15)9-11)16-13-7-2-3-8-14(13)17/h4-6,9-10,13-14,16-17H,2-3,7-8H2,1H3/t10-,13?,14?/m0/s1. The molecule has 0 aliphatic heterocycles. The summed E-state index contributed by atoms with van der Waals surface area (Å²) in [6.45, 7) is 2.12. The van der Waals surface area contributed by atoms with Gasteiger partial charge in [-0.1, -0.05) is 36.6 Å². The molecule has 0 spiro atoms. The number of hydrogen-bond donors (Lipinski definition) is 2. The van der Waals surface area contributed by atoms with Gasteiger partial charge in [0.05, 0.1) is 6.10 Å². The van der Waals surface area contributed by atoms with Crippen molar-refractivity contribution < 1.29 is 5.11 Å². The van der Waals surface area contributed by atoms with Crippen LogP contribution in [0, 0.1) is 0 Å². The van der Waals surface area contributed by atoms with Crippen LogP contribution in [-0.4, -0.2) is 17.3 Å². The Morgan fingerprint density at radius 2 is 2.12 bits per heavy atom. The monoisotopic (exact) mass is 253 g/mol. The van der Waals surface area contributed by atoms with Crippen LogP contribution in [0.4, 0.5) is 0 Å². The van der Waals surface area contributed by atoms with Gasteiger partial charge in [-0.15, -0.1) is 0 Å². The van der Waals surface area contributed by atoms with Crippen LogP contribution in [0.25, 0.3) is 0 Å². The highest BCUT2D eigenvalue weighted by Gasteiger charge is 2.24. The second-order valence-corrected chi connectivity index (χ2v) is 5.34. The lowest BCUT2D eigenvalue weighted by molar-refractivity contribution is 0.0860. The summed E-state index contributed by atoms with van der Waals surface area (Å²) in [6, 6.07) is 8.34. The van der Waals surface area contributed by atoms with Crippen molar-refractivity contribution in [3.8, 4) is 0 Å². The van der Waals surface area contributed by atoms with Crippen LogP contribution >= 0.6 is 11.6 Å². The molecule has 2 N–H and O–H groups in total. The van der Waals surface area contributed by atoms with Gasteiger partial charge in [-0.3, -0.25) is 0 Å². The molecule has 1 aliphatic carbocycles. The van der Waals surface area contributed by atoms with Gasteiger partial charge in [0.15, 0.2) is 0 Å². The minimum Gasteiger partial charge on any atom is -0.392 e. The predicted molar refractivity (Wildman–Crippen MR) is 71.3 cm³/mol. The third kappa shape index (κ3) is 3.44. The molecule has 1 fully saturated rings. The van der Waals surface area contributed by atoms with Crippen LogP contribution in [0.2, 0.25) is 5.02 Å². The molecule has 1 aromatic rings. The second-order valence-electron chi connectivity index (χ2n) is 4.90. The van der Waals surface area contributed by atoms with Gasteiger partial charge in [0.1, 0.15) is 0 Å². The molecule has 0 saturated heterocycles. The zero-order chi connectivity index (χ0) is 12.3. The van der Waals surface area contributed by atoms with E-state index in [9.17, 15) is 5.11 Å². The lowest BCUT2D eigenvalue weighted by atomic mass is 9.91. The number of benzene rings is 1. The number of hydrogen-bond acceptors (Lipinski definition) is 2. The van der Waals surface area contributed by atoms with Gasteiger partial charge in [-0.05, 0) is 37.5 Å². The first-order valence-corrected chi connectivity index (χ1v) is 6.74. The maximum atomic E-state index is 9.93. The molecule has 3 atom stereocenters. The van der Waals surface area contributed by atoms with Crippen LogP contribution < -0.4 is 5.32 Å². The zero-order valence-corrected chi connectivity index (χ0v) is 11.0. The highest BCUT2D eigenvalue weighted by atomic mass is 35.5. The Morgan fingerprint density at radius 1 is 1.35 bits per heavy atom. The van der Waals surface area contributed by atoms with Crippen LogP contribution in [-0.2, 0) is 0 Å². The Morgan fingerprint density at radius 3 is 2.82 bits per heavy atom. The van der Waals surface area contributed by atoms with Gasteiger partial charge in [-0.25, -0.2) is 0 Å². The Hall–Kier alpha value is -0.570. The van der Waals surface area contributed by atoms with Crippen LogP contribution in [0.3, 0.4) is 0 Å². The summed E-state index contributed by atoms with van der Waals surface area (Å²) in [5, 5.41) is 14.2. The highest BCUT2D eigenvalue weighted by molar-refractivity contribution is 6.30. The fourth-order valence-corrected chi connectivity index (χ4v) is 2.70. The molecular weight excluding hydrogens is 234 g/mol. The molecule has 2 unspecified atom stereocenters. The lowest BCUT2D eigenvalue weighted by Crippen LogP contribution is -2.43. The Balaban J connectivity index is 1.98. The summed E-state index contributed by atoms with van der Waals surface area (Å²) in [7, 11) is 0. The molecule has 0 heterocycles. The first-order valence-electron chi connectivity index (χ1n) is 6.36. The molecule has 94 valence electrons. The van der Waals surface area contributed by atoms with Crippen molar-refractivity contribution in [3.63, 3.8) is 0 Å². The van der Waals surface area contributed by atoms with Gasteiger partial charge in [0.25, 0.3) is 0 Å². The molecule has 3 heteroatoms. The summed E-state index contributed by atoms with van der Waals surface area (Å²) in [4.78, 5) is 0. The lowest BCUT2D eigenvalue weighted by Gasteiger charge is -2.31. The summed E-state index contributed by atoms with van der Waals surface area (Å²) in [5.74, 6) is 0. The third-order valence-corrected chi connectivity index (χ3v) is 3.78. The summed E-state index contributed by atoms with van der Waals surface area (Å²) >= 11 is 5.98. The SMILES string of the molecule is C[C@H](NC1CCCCC1O)c1cccc(Cl)c1. The first-order chi connectivity index (χ1) is 8.16. The van der Waals surface area contributed by atoms with E-state index in [-0.39, 0.29) is 18.2 Å². The minimum absolute atomic E-state index is 0.203. The first kappa shape index (κ1) is 12.9. The van der Waals surface area contributed by atoms with Crippen LogP contribution in [0.1, 0.15) is 44.2 Å². The Bertz CT molecular complexity index is 369. The van der Waals surface area contributed by atoms with Gasteiger partial charge in [-0.2, -0.15) is 0 Å². The molecule has 2 nitrogen and oxygen atoms in total. The van der Waals surface area contributed by atoms with E-state index in [2.05, 4.69) is 18.3 Å². The topological polar surface area (TPSA) is 32.3 Å². The molecule has 0 aromatic heterocycles. The van der Waals surface area contributed by atoms with Crippen molar-refractivity contribution in [3.05, 3.63) is 34.9 Å². The Labute approximate surface area is 108 Å². The van der Waals surface area contributed by atoms with Crippen molar-refractivity contribution in [2.24, 2.45) is 0 Å². The summed E-state index contributed by atoms with van der Waals surface area (Å²) < 4.78 is 0. The fraction of sp³-hybridized carbons (Fsp3) is 0.571. The van der Waals surface area contributed by atoms with E-state index in [1.54, 1.807) is 0 Å². The van der Waals surface area contributed by atoms with E-state index in [4.69, 9.17) is 11.6 Å². The molecular formula is C14H20ClNO. The molecule has 0 amide bonds. The number of halogens is 1. The quantitative estimate of drug-likeness (QED) is 0.867. The van der Waals surface area contributed by atoms with E-state index in [1.807, 2.05) is 18.2 Å². The van der Waals surface area contributed by atoms with E-state index in [1.165, 1.54) is 12.0 Å². The molecule has 0 bridgehead atoms. The van der Waals surface area contributed by atoms with Gasteiger partial charge in [0, 0.05) is 17.1 Å². The highest BCUT2D eigenvalue weighted by Crippen LogP contribution is 2.23. The van der Waals surface area contributed by atoms with Crippen molar-refractivity contribution in [2.75, 3.05) is 0 Å². The molecule has 0 radical (unpaired) electrons. The van der Waals surface area contributed by atoms with Crippen molar-refractivity contribution in [1.82, 2.24) is 5.32 Å². The maximum absolute atomic E-state index is 9.93. The van der Waals surface area contributed by atoms with E-state index in [0.717, 1.165) is 24.3 Å². The third-order valence-electron chi connectivity index (χ3n) is 3.54. The fourth-order valence-electron chi connectivity index (χ4n) is 2.50. The number of aliphatic hydroxyl groups excluding tert-OH is 1. The van der Waals surface area contributed by atoms with E-state index in [0.29, 0.717) is 0 Å². The molecule has 1 saturated carbocycles. The van der Waals surface area contributed by atoms with Gasteiger partial charge >= 0.3 is 0 Å². The smallest absolute Gasteiger partial charge is 0.0693 e. The molecule has 1 aliphatic rings. The average molecular weight is 254 g/mol. The average Bonchev–Trinajstić information content (AvgIpc) is 2.32. The van der Waals surface area contributed by atoms with Crippen molar-refractivity contribution in [1.29, 1.82) is 0 Å². The molecule has 1 aromatic carbocycles. The van der Waals surface area contributed by atoms with Gasteiger partial charge < -0.3 is 10.4 Å². The van der Waals surface area contributed by atoms with Crippen LogP contribution in [0.5, 0.6) is 0 Å². The molecule has 17 heavy (non-hydrogen) atoms. The van der Waals surface area contributed by atoms with Crippen molar-refractivity contribution >= 4 is 11.6 Å². The van der Waals surface area contributed by atoms with Gasteiger partial charge in [0.2, 0.25) is 0 Å². The predicted octanol–water partition coefficient (Wildman–Crippen LogP) is 3.29. The minimum atomic E-state index is -0.203. The second kappa shape index (κ2) is 5.85. The maximum Gasteiger partial charge on any atom is 0.0693 e. The Kier molecular flexibility index (Phi) is 4.43. The van der Waals surface area contributed by atoms with E-state index < -0.39 is 0 Å². The largest absolute Gasteiger partial charge is 0.392 e. The molecule has 2 rings (SSSR count). The summed E-state index contributed by atoms with van der Waals surface area (Å²) in [5.41, 5.74) is 1.18. The van der Waals surface area contributed by atoms with E-state index >= 15 is 0 Å². The zero-order valence-electron chi connectivity index (χ0n) is 10.2. The number of rotatable bonds is 3. The number of nitrogens with one attached hydrogen (secondary N) is 1. The van der Waals surface area contributed by atoms with Crippen molar-refractivity contribution in [2.45, 2.75) is 50.8 Å². The normalized spacial score (nSPS) is 26.8. The number of aliphatic hydroxyl groups is 1.